The van der Waals surface area contributed by atoms with Gasteiger partial charge in [-0.2, -0.15) is 13.2 Å². The van der Waals surface area contributed by atoms with Crippen molar-refractivity contribution in [3.05, 3.63) is 93.7 Å². The minimum atomic E-state index is -4.74. The maximum absolute atomic E-state index is 15.5. The lowest BCUT2D eigenvalue weighted by atomic mass is 9.99. The average Bonchev–Trinajstić information content (AvgIpc) is 3.63. The van der Waals surface area contributed by atoms with Gasteiger partial charge in [0, 0.05) is 32.2 Å². The van der Waals surface area contributed by atoms with Crippen LogP contribution in [0.3, 0.4) is 0 Å². The van der Waals surface area contributed by atoms with Crippen molar-refractivity contribution in [2.75, 3.05) is 33.4 Å². The van der Waals surface area contributed by atoms with E-state index in [1.807, 2.05) is 24.3 Å². The molecule has 2 aromatic heterocycles. The van der Waals surface area contributed by atoms with E-state index in [0.717, 1.165) is 42.4 Å². The van der Waals surface area contributed by atoms with Gasteiger partial charge in [-0.25, -0.2) is 9.18 Å². The molecule has 0 atom stereocenters. The van der Waals surface area contributed by atoms with Crippen molar-refractivity contribution in [3.8, 4) is 22.6 Å². The summed E-state index contributed by atoms with van der Waals surface area (Å²) in [5.74, 6) is -0.820. The number of benzene rings is 3. The smallest absolute Gasteiger partial charge is 0.416 e. The molecule has 10 nitrogen and oxygen atoms in total. The molecule has 5 aromatic rings. The third kappa shape index (κ3) is 6.28. The number of halogens is 4. The van der Waals surface area contributed by atoms with Gasteiger partial charge in [0.2, 0.25) is 0 Å². The summed E-state index contributed by atoms with van der Waals surface area (Å²) in [5.41, 5.74) is 0.665. The number of alkyl halides is 3. The molecule has 0 bridgehead atoms. The molecule has 14 heteroatoms. The van der Waals surface area contributed by atoms with Crippen molar-refractivity contribution < 1.29 is 31.8 Å². The van der Waals surface area contributed by atoms with Crippen LogP contribution in [-0.2, 0) is 37.7 Å². The molecule has 1 fully saturated rings. The summed E-state index contributed by atoms with van der Waals surface area (Å²) in [4.78, 5) is 18.6. The van der Waals surface area contributed by atoms with Crippen LogP contribution in [0.25, 0.3) is 22.2 Å². The molecule has 3 heterocycles. The zero-order chi connectivity index (χ0) is 31.7. The molecular formula is C31H30F4N6O4. The normalized spacial score (nSPS) is 14.3. The zero-order valence-electron chi connectivity index (χ0n) is 24.5. The second-order valence-corrected chi connectivity index (χ2v) is 10.7. The average molecular weight is 627 g/mol. The maximum Gasteiger partial charge on any atom is 0.416 e. The van der Waals surface area contributed by atoms with E-state index >= 15 is 4.39 Å². The minimum Gasteiger partial charge on any atom is -0.493 e. The largest absolute Gasteiger partial charge is 0.493 e. The summed E-state index contributed by atoms with van der Waals surface area (Å²) in [6, 6.07) is 11.9. The highest BCUT2D eigenvalue weighted by molar-refractivity contribution is 5.94. The standard InChI is InChI=1S/C31H30F4N6O4/c1-39-28-23(21-11-24(32)29(26(12-21)43-2)45-17-27-36-18-37-38-27)13-22(31(33,34)35)14-25(28)41(30(39)42)16-20-5-3-4-19(10-20)15-40-6-8-44-9-7-40/h3-5,10-14,18H,6-9,15-17H2,1-2H3,(H,36,37,38). The number of nitrogens with one attached hydrogen (secondary N) is 1. The van der Waals surface area contributed by atoms with E-state index in [2.05, 4.69) is 20.1 Å². The lowest BCUT2D eigenvalue weighted by Crippen LogP contribution is -2.35. The molecule has 1 aliphatic heterocycles. The van der Waals surface area contributed by atoms with Crippen molar-refractivity contribution in [1.82, 2.24) is 29.2 Å². The number of aryl methyl sites for hydroxylation is 1. The predicted octanol–water partition coefficient (Wildman–Crippen LogP) is 4.75. The molecule has 1 N–H and O–H groups in total. The van der Waals surface area contributed by atoms with Gasteiger partial charge in [0.25, 0.3) is 0 Å². The maximum atomic E-state index is 15.5. The Kier molecular flexibility index (Phi) is 8.34. The minimum absolute atomic E-state index is 0.0122. The molecule has 0 unspecified atom stereocenters. The number of aromatic nitrogens is 5. The van der Waals surface area contributed by atoms with Crippen LogP contribution in [0.1, 0.15) is 22.5 Å². The van der Waals surface area contributed by atoms with Gasteiger partial charge in [0.15, 0.2) is 23.1 Å². The first-order chi connectivity index (χ1) is 21.6. The number of morpholine rings is 1. The number of ether oxygens (including phenoxy) is 3. The third-order valence-electron chi connectivity index (χ3n) is 7.76. The number of hydrogen-bond donors (Lipinski definition) is 1. The zero-order valence-corrected chi connectivity index (χ0v) is 24.5. The molecular weight excluding hydrogens is 596 g/mol. The monoisotopic (exact) mass is 626 g/mol. The SMILES string of the molecule is COc1cc(-c2cc(C(F)(F)F)cc3c2n(C)c(=O)n3Cc2cccc(CN3CCOCC3)c2)cc(F)c1OCc1nnc[nH]1. The molecule has 1 saturated heterocycles. The number of methoxy groups -OCH3 is 1. The van der Waals surface area contributed by atoms with E-state index < -0.39 is 23.2 Å². The Bertz CT molecular complexity index is 1880. The van der Waals surface area contributed by atoms with Gasteiger partial charge in [-0.3, -0.25) is 14.0 Å². The molecule has 236 valence electrons. The van der Waals surface area contributed by atoms with Crippen molar-refractivity contribution >= 4 is 11.0 Å². The van der Waals surface area contributed by atoms with Gasteiger partial charge >= 0.3 is 11.9 Å². The number of H-pyrrole nitrogens is 1. The van der Waals surface area contributed by atoms with Crippen LogP contribution in [0.2, 0.25) is 0 Å². The van der Waals surface area contributed by atoms with E-state index in [9.17, 15) is 18.0 Å². The number of rotatable bonds is 9. The highest BCUT2D eigenvalue weighted by Crippen LogP contribution is 2.41. The predicted molar refractivity (Wildman–Crippen MR) is 156 cm³/mol. The Balaban J connectivity index is 1.42. The molecule has 0 aliphatic carbocycles. The number of hydrogen-bond acceptors (Lipinski definition) is 7. The lowest BCUT2D eigenvalue weighted by molar-refractivity contribution is -0.137. The highest BCUT2D eigenvalue weighted by Gasteiger charge is 2.33. The fourth-order valence-electron chi connectivity index (χ4n) is 5.58. The van der Waals surface area contributed by atoms with Crippen LogP contribution >= 0.6 is 0 Å². The summed E-state index contributed by atoms with van der Waals surface area (Å²) in [6.45, 7) is 3.50. The molecule has 0 saturated carbocycles. The highest BCUT2D eigenvalue weighted by atomic mass is 19.4. The van der Waals surface area contributed by atoms with Gasteiger partial charge < -0.3 is 19.2 Å². The van der Waals surface area contributed by atoms with Crippen LogP contribution < -0.4 is 15.2 Å². The van der Waals surface area contributed by atoms with Gasteiger partial charge in [0.1, 0.15) is 12.9 Å². The van der Waals surface area contributed by atoms with Gasteiger partial charge in [-0.1, -0.05) is 24.3 Å². The van der Waals surface area contributed by atoms with Gasteiger partial charge in [0.05, 0.1) is 43.5 Å². The van der Waals surface area contributed by atoms with Gasteiger partial charge in [-0.15, -0.1) is 10.2 Å². The second kappa shape index (κ2) is 12.4. The fourth-order valence-corrected chi connectivity index (χ4v) is 5.58. The number of fused-ring (bicyclic) bond motifs is 1. The van der Waals surface area contributed by atoms with Crippen LogP contribution in [-0.4, -0.2) is 62.6 Å². The van der Waals surface area contributed by atoms with Crippen molar-refractivity contribution in [3.63, 3.8) is 0 Å². The molecule has 1 aliphatic rings. The summed E-state index contributed by atoms with van der Waals surface area (Å²) in [7, 11) is 2.77. The fraction of sp³-hybridized carbons (Fsp3) is 0.323. The lowest BCUT2D eigenvalue weighted by Gasteiger charge is -2.26. The van der Waals surface area contributed by atoms with Gasteiger partial charge in [-0.05, 0) is 41.0 Å². The Morgan fingerprint density at radius 3 is 2.49 bits per heavy atom. The van der Waals surface area contributed by atoms with Crippen molar-refractivity contribution in [2.24, 2.45) is 7.05 Å². The second-order valence-electron chi connectivity index (χ2n) is 10.7. The summed E-state index contributed by atoms with van der Waals surface area (Å²) in [6.07, 6.45) is -3.40. The topological polar surface area (TPSA) is 99.4 Å². The van der Waals surface area contributed by atoms with E-state index in [1.165, 1.54) is 35.7 Å². The molecule has 0 radical (unpaired) electrons. The molecule has 0 amide bonds. The van der Waals surface area contributed by atoms with E-state index in [0.29, 0.717) is 25.6 Å². The Morgan fingerprint density at radius 2 is 1.80 bits per heavy atom. The first-order valence-electron chi connectivity index (χ1n) is 14.2. The summed E-state index contributed by atoms with van der Waals surface area (Å²) in [5, 5.41) is 7.43. The number of imidazole rings is 1. The first kappa shape index (κ1) is 30.3. The molecule has 6 rings (SSSR count). The Labute approximate surface area is 254 Å². The van der Waals surface area contributed by atoms with Crippen LogP contribution in [0.5, 0.6) is 11.5 Å². The van der Waals surface area contributed by atoms with Crippen LogP contribution in [0.4, 0.5) is 17.6 Å². The van der Waals surface area contributed by atoms with Crippen molar-refractivity contribution in [2.45, 2.75) is 25.9 Å². The van der Waals surface area contributed by atoms with E-state index in [-0.39, 0.29) is 46.8 Å². The quantitative estimate of drug-likeness (QED) is 0.236. The molecule has 0 spiro atoms. The summed E-state index contributed by atoms with van der Waals surface area (Å²) < 4.78 is 77.1. The van der Waals surface area contributed by atoms with E-state index in [1.54, 1.807) is 0 Å². The van der Waals surface area contributed by atoms with Crippen molar-refractivity contribution in [1.29, 1.82) is 0 Å². The van der Waals surface area contributed by atoms with Crippen LogP contribution in [0, 0.1) is 5.82 Å². The summed E-state index contributed by atoms with van der Waals surface area (Å²) >= 11 is 0. The Morgan fingerprint density at radius 1 is 1.04 bits per heavy atom. The Hall–Kier alpha value is -4.69. The number of aromatic amines is 1. The van der Waals surface area contributed by atoms with E-state index in [4.69, 9.17) is 14.2 Å². The third-order valence-corrected chi connectivity index (χ3v) is 7.76. The van der Waals surface area contributed by atoms with Crippen LogP contribution in [0.15, 0.2) is 59.7 Å². The molecule has 3 aromatic carbocycles. The number of nitrogens with zero attached hydrogens (tertiary/aromatic N) is 5. The first-order valence-corrected chi connectivity index (χ1v) is 14.2. The molecule has 45 heavy (non-hydrogen) atoms.